The predicted molar refractivity (Wildman–Crippen MR) is 84.2 cm³/mol. The molecule has 2 heterocycles. The topological polar surface area (TPSA) is 107 Å². The molecular formula is C15H12F2N5O2-. The van der Waals surface area contributed by atoms with Crippen molar-refractivity contribution in [2.75, 3.05) is 20.0 Å². The first kappa shape index (κ1) is 15.7. The number of pyridine rings is 1. The molecule has 0 aliphatic carbocycles. The van der Waals surface area contributed by atoms with Gasteiger partial charge in [-0.3, -0.25) is 0 Å². The average molecular weight is 332 g/mol. The standard InChI is InChI=1S/C15H12F2N5O2/c1-23-8-4-9(24-2)12(17)10(11(8)16)7-3-6-5-20-15(19)22-13(6)14(18)21-7/h3-5H,1-2H3,(H3-,18,19,20,21,22)/q-1. The van der Waals surface area contributed by atoms with Crippen LogP contribution in [0.1, 0.15) is 0 Å². The highest BCUT2D eigenvalue weighted by atomic mass is 19.1. The molecule has 3 aromatic rings. The van der Waals surface area contributed by atoms with Gasteiger partial charge in [0.25, 0.3) is 0 Å². The molecule has 3 rings (SSSR count). The summed E-state index contributed by atoms with van der Waals surface area (Å²) in [5, 5.41) is 0.397. The van der Waals surface area contributed by atoms with Crippen LogP contribution in [-0.4, -0.2) is 29.2 Å². The molecule has 3 N–H and O–H groups in total. The van der Waals surface area contributed by atoms with Crippen LogP contribution in [0.25, 0.3) is 27.9 Å². The molecule has 24 heavy (non-hydrogen) atoms. The van der Waals surface area contributed by atoms with Gasteiger partial charge in [-0.1, -0.05) is 0 Å². The number of nitrogens with one attached hydrogen (secondary N) is 1. The van der Waals surface area contributed by atoms with Crippen LogP contribution in [0, 0.1) is 11.6 Å². The van der Waals surface area contributed by atoms with E-state index in [1.54, 1.807) is 0 Å². The Bertz CT molecular complexity index is 921. The number of hydrogen-bond donors (Lipinski definition) is 1. The predicted octanol–water partition coefficient (Wildman–Crippen LogP) is 3.25. The zero-order chi connectivity index (χ0) is 17.4. The minimum atomic E-state index is -0.930. The van der Waals surface area contributed by atoms with Gasteiger partial charge in [0.2, 0.25) is 0 Å². The first-order chi connectivity index (χ1) is 11.5. The Morgan fingerprint density at radius 1 is 1.04 bits per heavy atom. The summed E-state index contributed by atoms with van der Waals surface area (Å²) in [4.78, 5) is 11.6. The van der Waals surface area contributed by atoms with Crippen LogP contribution >= 0.6 is 0 Å². The van der Waals surface area contributed by atoms with Crippen molar-refractivity contribution in [3.8, 4) is 22.8 Å². The zero-order valence-electron chi connectivity index (χ0n) is 12.7. The molecule has 0 radical (unpaired) electrons. The Labute approximate surface area is 135 Å². The van der Waals surface area contributed by atoms with E-state index in [0.717, 1.165) is 6.07 Å². The number of anilines is 1. The van der Waals surface area contributed by atoms with E-state index >= 15 is 0 Å². The Morgan fingerprint density at radius 3 is 2.25 bits per heavy atom. The maximum atomic E-state index is 14.6. The third-order valence-corrected chi connectivity index (χ3v) is 3.42. The van der Waals surface area contributed by atoms with E-state index in [4.69, 9.17) is 20.9 Å². The van der Waals surface area contributed by atoms with E-state index < -0.39 is 17.2 Å². The van der Waals surface area contributed by atoms with E-state index in [-0.39, 0.29) is 34.5 Å². The van der Waals surface area contributed by atoms with Gasteiger partial charge in [-0.05, 0) is 17.6 Å². The van der Waals surface area contributed by atoms with Gasteiger partial charge in [-0.25, -0.2) is 13.8 Å². The fourth-order valence-electron chi connectivity index (χ4n) is 2.30. The van der Waals surface area contributed by atoms with Gasteiger partial charge in [0, 0.05) is 17.5 Å². The second-order valence-corrected chi connectivity index (χ2v) is 4.81. The number of aromatic nitrogens is 3. The van der Waals surface area contributed by atoms with Crippen LogP contribution in [0.3, 0.4) is 0 Å². The summed E-state index contributed by atoms with van der Waals surface area (Å²) in [7, 11) is 2.51. The highest BCUT2D eigenvalue weighted by molar-refractivity contribution is 5.91. The van der Waals surface area contributed by atoms with Crippen LogP contribution in [0.15, 0.2) is 18.3 Å². The summed E-state index contributed by atoms with van der Waals surface area (Å²) in [6.07, 6.45) is 1.33. The highest BCUT2D eigenvalue weighted by Crippen LogP contribution is 2.38. The van der Waals surface area contributed by atoms with E-state index in [1.165, 1.54) is 26.5 Å². The van der Waals surface area contributed by atoms with Crippen LogP contribution in [0.2, 0.25) is 0 Å². The number of nitrogen functional groups attached to an aromatic ring is 1. The van der Waals surface area contributed by atoms with Gasteiger partial charge in [-0.15, -0.1) is 0 Å². The third kappa shape index (κ3) is 2.39. The molecule has 7 nitrogen and oxygen atoms in total. The second-order valence-electron chi connectivity index (χ2n) is 4.81. The number of hydrogen-bond acceptors (Lipinski definition) is 6. The van der Waals surface area contributed by atoms with Crippen molar-refractivity contribution < 1.29 is 18.3 Å². The molecule has 124 valence electrons. The number of nitrogens with two attached hydrogens (primary N) is 1. The first-order valence-electron chi connectivity index (χ1n) is 6.71. The molecule has 0 unspecified atom stereocenters. The smallest absolute Gasteiger partial charge is 0.177 e. The minimum absolute atomic E-state index is 0.0615. The summed E-state index contributed by atoms with van der Waals surface area (Å²) >= 11 is 0. The fourth-order valence-corrected chi connectivity index (χ4v) is 2.30. The van der Waals surface area contributed by atoms with Crippen molar-refractivity contribution in [2.45, 2.75) is 0 Å². The molecule has 0 saturated heterocycles. The number of ether oxygens (including phenoxy) is 2. The van der Waals surface area contributed by atoms with Crippen molar-refractivity contribution in [1.29, 1.82) is 0 Å². The van der Waals surface area contributed by atoms with E-state index in [0.29, 0.717) is 5.39 Å². The number of halogens is 2. The second kappa shape index (κ2) is 5.76. The summed E-state index contributed by atoms with van der Waals surface area (Å²) in [6.45, 7) is 0. The maximum absolute atomic E-state index is 14.6. The average Bonchev–Trinajstić information content (AvgIpc) is 2.56. The summed E-state index contributed by atoms with van der Waals surface area (Å²) in [5.74, 6) is -2.55. The van der Waals surface area contributed by atoms with Gasteiger partial charge in [-0.2, -0.15) is 0 Å². The molecule has 2 aromatic heterocycles. The molecule has 9 heteroatoms. The third-order valence-electron chi connectivity index (χ3n) is 3.42. The van der Waals surface area contributed by atoms with Gasteiger partial charge in [0.15, 0.2) is 23.1 Å². The first-order valence-corrected chi connectivity index (χ1v) is 6.71. The number of rotatable bonds is 3. The number of nitrogens with zero attached hydrogens (tertiary/aromatic N) is 3. The van der Waals surface area contributed by atoms with Gasteiger partial charge in [0.1, 0.15) is 5.82 Å². The fraction of sp³-hybridized carbons (Fsp3) is 0.133. The normalized spacial score (nSPS) is 10.8. The summed E-state index contributed by atoms with van der Waals surface area (Å²) < 4.78 is 39.0. The largest absolute Gasteiger partial charge is 0.494 e. The maximum Gasteiger partial charge on any atom is 0.177 e. The Balaban J connectivity index is 2.33. The molecule has 0 bridgehead atoms. The molecule has 0 amide bonds. The molecule has 0 saturated carbocycles. The highest BCUT2D eigenvalue weighted by Gasteiger charge is 2.23. The van der Waals surface area contributed by atoms with Crippen molar-refractivity contribution in [3.63, 3.8) is 0 Å². The van der Waals surface area contributed by atoms with Crippen molar-refractivity contribution in [2.24, 2.45) is 0 Å². The van der Waals surface area contributed by atoms with Crippen molar-refractivity contribution in [3.05, 3.63) is 35.7 Å². The molecule has 0 fully saturated rings. The van der Waals surface area contributed by atoms with Crippen LogP contribution in [0.5, 0.6) is 11.5 Å². The molecule has 0 atom stereocenters. The quantitative estimate of drug-likeness (QED) is 0.789. The van der Waals surface area contributed by atoms with Crippen molar-refractivity contribution >= 4 is 22.7 Å². The van der Waals surface area contributed by atoms with E-state index in [1.807, 2.05) is 0 Å². The number of methoxy groups -OCH3 is 2. The monoisotopic (exact) mass is 332 g/mol. The Hall–Kier alpha value is -3.23. The number of fused-ring (bicyclic) bond motifs is 1. The van der Waals surface area contributed by atoms with Gasteiger partial charge in [0.05, 0.1) is 25.5 Å². The molecule has 1 aromatic carbocycles. The van der Waals surface area contributed by atoms with Gasteiger partial charge >= 0.3 is 0 Å². The van der Waals surface area contributed by atoms with E-state index in [2.05, 4.69) is 15.0 Å². The summed E-state index contributed by atoms with van der Waals surface area (Å²) in [5.41, 5.74) is 13.0. The van der Waals surface area contributed by atoms with E-state index in [9.17, 15) is 8.78 Å². The molecular weight excluding hydrogens is 320 g/mol. The molecule has 0 spiro atoms. The SMILES string of the molecule is COc1cc(OC)c(F)c(-c2cc3cnc([NH-])nc3c(N)n2)c1F. The Kier molecular flexibility index (Phi) is 3.76. The van der Waals surface area contributed by atoms with Crippen LogP contribution in [-0.2, 0) is 0 Å². The molecule has 0 aliphatic rings. The zero-order valence-corrected chi connectivity index (χ0v) is 12.7. The lowest BCUT2D eigenvalue weighted by Crippen LogP contribution is -2.02. The lowest BCUT2D eigenvalue weighted by molar-refractivity contribution is 0.359. The van der Waals surface area contributed by atoms with Gasteiger partial charge < -0.3 is 30.9 Å². The molecule has 0 aliphatic heterocycles. The minimum Gasteiger partial charge on any atom is -0.494 e. The summed E-state index contributed by atoms with van der Waals surface area (Å²) in [6, 6.07) is 2.49. The van der Waals surface area contributed by atoms with Crippen molar-refractivity contribution in [1.82, 2.24) is 15.0 Å². The van der Waals surface area contributed by atoms with Crippen LogP contribution in [0.4, 0.5) is 20.5 Å². The number of benzene rings is 1. The Morgan fingerprint density at radius 2 is 1.67 bits per heavy atom. The lowest BCUT2D eigenvalue weighted by Gasteiger charge is -2.14. The van der Waals surface area contributed by atoms with Crippen LogP contribution < -0.4 is 15.2 Å². The lowest BCUT2D eigenvalue weighted by atomic mass is 10.1.